The lowest BCUT2D eigenvalue weighted by molar-refractivity contribution is 0.583. The van der Waals surface area contributed by atoms with Gasteiger partial charge in [-0.2, -0.15) is 0 Å². The van der Waals surface area contributed by atoms with Crippen molar-refractivity contribution in [1.82, 2.24) is 5.32 Å². The maximum Gasteiger partial charge on any atom is 0.137 e. The molecule has 1 aromatic carbocycles. The van der Waals surface area contributed by atoms with Crippen molar-refractivity contribution < 1.29 is 4.39 Å². The van der Waals surface area contributed by atoms with Gasteiger partial charge in [0.25, 0.3) is 0 Å². The molecular weight excluding hydrogens is 257 g/mol. The molecule has 1 nitrogen and oxygen atoms in total. The number of benzene rings is 1. The Morgan fingerprint density at radius 3 is 2.87 bits per heavy atom. The fourth-order valence-electron chi connectivity index (χ4n) is 1.21. The number of terminal acetylenes is 1. The molecule has 0 aliphatic rings. The fraction of sp³-hybridized carbons (Fsp3) is 0.333. The van der Waals surface area contributed by atoms with Gasteiger partial charge in [-0.05, 0) is 40.0 Å². The average molecular weight is 270 g/mol. The molecule has 0 saturated carbocycles. The monoisotopic (exact) mass is 269 g/mol. The van der Waals surface area contributed by atoms with Crippen LogP contribution in [0, 0.1) is 18.2 Å². The quantitative estimate of drug-likeness (QED) is 0.829. The van der Waals surface area contributed by atoms with Crippen LogP contribution in [-0.4, -0.2) is 6.04 Å². The molecule has 0 aromatic heterocycles. The number of nitrogens with one attached hydrogen (secondary N) is 1. The van der Waals surface area contributed by atoms with Crippen molar-refractivity contribution in [1.29, 1.82) is 0 Å². The van der Waals surface area contributed by atoms with Crippen molar-refractivity contribution in [2.75, 3.05) is 0 Å². The third-order valence-electron chi connectivity index (χ3n) is 2.15. The topological polar surface area (TPSA) is 12.0 Å². The molecule has 0 fully saturated rings. The minimum absolute atomic E-state index is 0.0525. The van der Waals surface area contributed by atoms with Gasteiger partial charge in [0.05, 0.1) is 10.5 Å². The average Bonchev–Trinajstić information content (AvgIpc) is 2.24. The van der Waals surface area contributed by atoms with E-state index in [1.54, 1.807) is 6.07 Å². The number of hydrogen-bond donors (Lipinski definition) is 1. The Hall–Kier alpha value is -0.850. The highest BCUT2D eigenvalue weighted by molar-refractivity contribution is 9.10. The lowest BCUT2D eigenvalue weighted by atomic mass is 10.2. The van der Waals surface area contributed by atoms with E-state index in [1.807, 2.05) is 13.0 Å². The molecule has 0 aliphatic heterocycles. The molecule has 1 aromatic rings. The summed E-state index contributed by atoms with van der Waals surface area (Å²) in [6.45, 7) is 2.60. The Balaban J connectivity index is 2.59. The second-order valence-electron chi connectivity index (χ2n) is 3.26. The molecule has 1 unspecified atom stereocenters. The van der Waals surface area contributed by atoms with Crippen LogP contribution in [0.25, 0.3) is 0 Å². The molecule has 15 heavy (non-hydrogen) atoms. The molecule has 0 saturated heterocycles. The molecule has 0 bridgehead atoms. The third kappa shape index (κ3) is 3.65. The van der Waals surface area contributed by atoms with Crippen molar-refractivity contribution in [3.05, 3.63) is 34.1 Å². The molecule has 0 radical (unpaired) electrons. The highest BCUT2D eigenvalue weighted by atomic mass is 79.9. The molecule has 1 atom stereocenters. The molecule has 80 valence electrons. The lowest BCUT2D eigenvalue weighted by Crippen LogP contribution is -2.26. The summed E-state index contributed by atoms with van der Waals surface area (Å²) in [5.74, 6) is 2.39. The summed E-state index contributed by atoms with van der Waals surface area (Å²) in [5, 5.41) is 3.16. The minimum atomic E-state index is -0.247. The second kappa shape index (κ2) is 5.89. The van der Waals surface area contributed by atoms with Crippen LogP contribution >= 0.6 is 15.9 Å². The van der Waals surface area contributed by atoms with Crippen LogP contribution in [0.3, 0.4) is 0 Å². The molecule has 3 heteroatoms. The van der Waals surface area contributed by atoms with E-state index in [9.17, 15) is 4.39 Å². The summed E-state index contributed by atoms with van der Waals surface area (Å²) >= 11 is 3.11. The Labute approximate surface area is 98.2 Å². The van der Waals surface area contributed by atoms with Gasteiger partial charge in [0, 0.05) is 6.54 Å². The maximum absolute atomic E-state index is 13.2. The largest absolute Gasteiger partial charge is 0.300 e. The zero-order chi connectivity index (χ0) is 11.3. The van der Waals surface area contributed by atoms with Crippen LogP contribution in [0.2, 0.25) is 0 Å². The van der Waals surface area contributed by atoms with Crippen molar-refractivity contribution in [2.24, 2.45) is 0 Å². The summed E-state index contributed by atoms with van der Waals surface area (Å²) in [7, 11) is 0. The highest BCUT2D eigenvalue weighted by Crippen LogP contribution is 2.16. The predicted molar refractivity (Wildman–Crippen MR) is 63.9 cm³/mol. The maximum atomic E-state index is 13.2. The smallest absolute Gasteiger partial charge is 0.137 e. The van der Waals surface area contributed by atoms with Gasteiger partial charge in [-0.25, -0.2) is 4.39 Å². The van der Waals surface area contributed by atoms with Crippen LogP contribution in [0.5, 0.6) is 0 Å². The molecule has 0 heterocycles. The van der Waals surface area contributed by atoms with E-state index in [0.717, 1.165) is 12.0 Å². The van der Waals surface area contributed by atoms with Gasteiger partial charge in [-0.3, -0.25) is 5.32 Å². The molecule has 0 amide bonds. The first-order chi connectivity index (χ1) is 7.17. The Morgan fingerprint density at radius 1 is 1.60 bits per heavy atom. The Bertz CT molecular complexity index is 370. The van der Waals surface area contributed by atoms with E-state index in [2.05, 4.69) is 27.2 Å². The summed E-state index contributed by atoms with van der Waals surface area (Å²) < 4.78 is 13.6. The number of halogens is 2. The second-order valence-corrected chi connectivity index (χ2v) is 4.11. The number of hydrogen-bond acceptors (Lipinski definition) is 1. The summed E-state index contributed by atoms with van der Waals surface area (Å²) in [5.41, 5.74) is 0.893. The van der Waals surface area contributed by atoms with Crippen LogP contribution in [0.1, 0.15) is 18.9 Å². The highest BCUT2D eigenvalue weighted by Gasteiger charge is 2.03. The van der Waals surface area contributed by atoms with Gasteiger partial charge < -0.3 is 0 Å². The van der Waals surface area contributed by atoms with E-state index < -0.39 is 0 Å². The van der Waals surface area contributed by atoms with Crippen molar-refractivity contribution >= 4 is 15.9 Å². The summed E-state index contributed by atoms with van der Waals surface area (Å²) in [6, 6.07) is 5.11. The zero-order valence-electron chi connectivity index (χ0n) is 8.56. The minimum Gasteiger partial charge on any atom is -0.300 e. The van der Waals surface area contributed by atoms with Gasteiger partial charge in [0.1, 0.15) is 5.82 Å². The summed E-state index contributed by atoms with van der Waals surface area (Å²) in [6.07, 6.45) is 6.18. The molecular formula is C12H13BrFN. The van der Waals surface area contributed by atoms with Crippen LogP contribution in [0.4, 0.5) is 4.39 Å². The first-order valence-electron chi connectivity index (χ1n) is 4.80. The van der Waals surface area contributed by atoms with Gasteiger partial charge in [-0.1, -0.05) is 18.9 Å². The first kappa shape index (κ1) is 12.2. The van der Waals surface area contributed by atoms with E-state index in [4.69, 9.17) is 6.42 Å². The number of rotatable bonds is 4. The van der Waals surface area contributed by atoms with Gasteiger partial charge >= 0.3 is 0 Å². The van der Waals surface area contributed by atoms with Crippen molar-refractivity contribution in [3.63, 3.8) is 0 Å². The van der Waals surface area contributed by atoms with Crippen molar-refractivity contribution in [3.8, 4) is 12.3 Å². The zero-order valence-corrected chi connectivity index (χ0v) is 10.1. The van der Waals surface area contributed by atoms with Crippen molar-refractivity contribution in [2.45, 2.75) is 25.9 Å². The van der Waals surface area contributed by atoms with E-state index in [1.165, 1.54) is 6.07 Å². The fourth-order valence-corrected chi connectivity index (χ4v) is 1.46. The molecule has 0 spiro atoms. The van der Waals surface area contributed by atoms with Gasteiger partial charge in [-0.15, -0.1) is 6.42 Å². The van der Waals surface area contributed by atoms with Crippen LogP contribution < -0.4 is 5.32 Å². The standard InChI is InChI=1S/C12H13BrFN/c1-3-10(4-2)15-8-9-5-6-11(13)12(14)7-9/h1,5-7,10,15H,4,8H2,2H3. The van der Waals surface area contributed by atoms with E-state index >= 15 is 0 Å². The molecule has 1 rings (SSSR count). The van der Waals surface area contributed by atoms with Crippen LogP contribution in [-0.2, 0) is 6.54 Å². The molecule has 1 N–H and O–H groups in total. The SMILES string of the molecule is C#CC(CC)NCc1ccc(Br)c(F)c1. The van der Waals surface area contributed by atoms with Crippen LogP contribution in [0.15, 0.2) is 22.7 Å². The Morgan fingerprint density at radius 2 is 2.33 bits per heavy atom. The third-order valence-corrected chi connectivity index (χ3v) is 2.79. The normalized spacial score (nSPS) is 12.1. The van der Waals surface area contributed by atoms with E-state index in [0.29, 0.717) is 11.0 Å². The first-order valence-corrected chi connectivity index (χ1v) is 5.60. The predicted octanol–water partition coefficient (Wildman–Crippen LogP) is 3.09. The summed E-state index contributed by atoms with van der Waals surface area (Å²) in [4.78, 5) is 0. The van der Waals surface area contributed by atoms with Gasteiger partial charge in [0.2, 0.25) is 0 Å². The lowest BCUT2D eigenvalue weighted by Gasteiger charge is -2.10. The van der Waals surface area contributed by atoms with E-state index in [-0.39, 0.29) is 11.9 Å². The molecule has 0 aliphatic carbocycles. The Kier molecular flexibility index (Phi) is 4.80. The van der Waals surface area contributed by atoms with Gasteiger partial charge in [0.15, 0.2) is 0 Å².